The third-order valence-corrected chi connectivity index (χ3v) is 6.07. The zero-order valence-corrected chi connectivity index (χ0v) is 18.6. The number of Topliss-reactive ketones (excluding diaryl/α,β-unsaturated/α-hetero) is 1. The molecule has 32 heavy (non-hydrogen) atoms. The van der Waals surface area contributed by atoms with Crippen molar-refractivity contribution in [3.63, 3.8) is 0 Å². The maximum Gasteiger partial charge on any atom is 0.223 e. The lowest BCUT2D eigenvalue weighted by atomic mass is 10.0. The van der Waals surface area contributed by atoms with Crippen molar-refractivity contribution in [3.05, 3.63) is 77.6 Å². The van der Waals surface area contributed by atoms with E-state index in [9.17, 15) is 9.59 Å². The maximum atomic E-state index is 12.7. The summed E-state index contributed by atoms with van der Waals surface area (Å²) in [5.41, 5.74) is 4.88. The molecule has 0 spiro atoms. The first kappa shape index (κ1) is 21.7. The lowest BCUT2D eigenvalue weighted by molar-refractivity contribution is -0.131. The summed E-state index contributed by atoms with van der Waals surface area (Å²) in [6.45, 7) is 6.70. The number of hydrogen-bond donors (Lipinski definition) is 0. The van der Waals surface area contributed by atoms with Crippen molar-refractivity contribution in [1.82, 2.24) is 14.9 Å². The summed E-state index contributed by atoms with van der Waals surface area (Å²) in [6, 6.07) is 17.7. The number of nitrogens with zero attached hydrogens (tertiary/aromatic N) is 4. The number of carbonyl (C=O) groups excluding carboxylic acids is 2. The van der Waals surface area contributed by atoms with E-state index in [1.165, 1.54) is 0 Å². The van der Waals surface area contributed by atoms with Crippen LogP contribution in [-0.4, -0.2) is 52.7 Å². The van der Waals surface area contributed by atoms with Crippen molar-refractivity contribution < 1.29 is 9.59 Å². The third-order valence-electron chi connectivity index (χ3n) is 6.07. The van der Waals surface area contributed by atoms with Crippen LogP contribution in [0.3, 0.4) is 0 Å². The maximum absolute atomic E-state index is 12.7. The molecule has 3 aromatic rings. The molecule has 0 bridgehead atoms. The van der Waals surface area contributed by atoms with Crippen LogP contribution in [-0.2, 0) is 4.79 Å². The fraction of sp³-hybridized carbons (Fsp3) is 0.308. The average molecular weight is 429 g/mol. The van der Waals surface area contributed by atoms with E-state index in [1.54, 1.807) is 6.33 Å². The summed E-state index contributed by atoms with van der Waals surface area (Å²) in [7, 11) is 0. The van der Waals surface area contributed by atoms with Crippen LogP contribution >= 0.6 is 0 Å². The number of rotatable bonds is 6. The smallest absolute Gasteiger partial charge is 0.223 e. The molecule has 1 aliphatic rings. The molecule has 1 saturated heterocycles. The number of ketones is 1. The molecule has 0 atom stereocenters. The molecule has 1 aromatic heterocycles. The lowest BCUT2D eigenvalue weighted by Gasteiger charge is -2.35. The zero-order chi connectivity index (χ0) is 22.5. The minimum Gasteiger partial charge on any atom is -0.353 e. The number of hydrogen-bond acceptors (Lipinski definition) is 5. The van der Waals surface area contributed by atoms with Gasteiger partial charge in [0, 0.05) is 56.2 Å². The molecule has 2 heterocycles. The second kappa shape index (κ2) is 9.73. The predicted molar refractivity (Wildman–Crippen MR) is 126 cm³/mol. The minimum absolute atomic E-state index is 0.0227. The Kier molecular flexibility index (Phi) is 6.59. The Morgan fingerprint density at radius 2 is 1.59 bits per heavy atom. The Morgan fingerprint density at radius 1 is 0.844 bits per heavy atom. The van der Waals surface area contributed by atoms with Crippen molar-refractivity contribution >= 4 is 17.5 Å². The van der Waals surface area contributed by atoms with E-state index >= 15 is 0 Å². The van der Waals surface area contributed by atoms with Gasteiger partial charge in [-0.15, -0.1) is 0 Å². The molecule has 0 aliphatic carbocycles. The molecule has 6 heteroatoms. The van der Waals surface area contributed by atoms with Crippen molar-refractivity contribution in [2.24, 2.45) is 0 Å². The third kappa shape index (κ3) is 5.02. The Labute approximate surface area is 188 Å². The van der Waals surface area contributed by atoms with Crippen LogP contribution < -0.4 is 4.90 Å². The van der Waals surface area contributed by atoms with E-state index in [-0.39, 0.29) is 24.5 Å². The second-order valence-electron chi connectivity index (χ2n) is 8.22. The van der Waals surface area contributed by atoms with Gasteiger partial charge >= 0.3 is 0 Å². The molecule has 164 valence electrons. The molecule has 0 unspecified atom stereocenters. The van der Waals surface area contributed by atoms with Gasteiger partial charge in [-0.1, -0.05) is 42.5 Å². The fourth-order valence-corrected chi connectivity index (χ4v) is 3.91. The summed E-state index contributed by atoms with van der Waals surface area (Å²) >= 11 is 0. The van der Waals surface area contributed by atoms with Crippen LogP contribution in [0, 0.1) is 13.8 Å². The van der Waals surface area contributed by atoms with Crippen molar-refractivity contribution in [2.45, 2.75) is 26.7 Å². The molecule has 1 aliphatic heterocycles. The Balaban J connectivity index is 1.30. The highest BCUT2D eigenvalue weighted by Gasteiger charge is 2.23. The van der Waals surface area contributed by atoms with Gasteiger partial charge in [0.05, 0.1) is 5.69 Å². The quantitative estimate of drug-likeness (QED) is 0.554. The minimum atomic E-state index is 0.0227. The van der Waals surface area contributed by atoms with Crippen LogP contribution in [0.15, 0.2) is 60.9 Å². The second-order valence-corrected chi connectivity index (χ2v) is 8.22. The van der Waals surface area contributed by atoms with Gasteiger partial charge < -0.3 is 9.80 Å². The molecule has 6 nitrogen and oxygen atoms in total. The zero-order valence-electron chi connectivity index (χ0n) is 18.6. The van der Waals surface area contributed by atoms with E-state index in [4.69, 9.17) is 0 Å². The highest BCUT2D eigenvalue weighted by molar-refractivity contribution is 5.98. The number of aromatic nitrogens is 2. The summed E-state index contributed by atoms with van der Waals surface area (Å²) in [5.74, 6) is 0.930. The SMILES string of the molecule is Cc1ccc(C(=O)CCC(=O)N2CCN(c3cc(-c4ccccc4)ncn3)CC2)cc1C. The fourth-order valence-electron chi connectivity index (χ4n) is 3.91. The molecular formula is C26H28N4O2. The normalized spacial score (nSPS) is 13.8. The van der Waals surface area contributed by atoms with E-state index in [0.29, 0.717) is 31.7 Å². The standard InChI is InChI=1S/C26H28N4O2/c1-19-8-9-22(16-20(19)2)24(31)10-11-26(32)30-14-12-29(13-15-30)25-17-23(27-18-28-25)21-6-4-3-5-7-21/h3-9,16-18H,10-15H2,1-2H3. The van der Waals surface area contributed by atoms with Crippen LogP contribution in [0.25, 0.3) is 11.3 Å². The van der Waals surface area contributed by atoms with Gasteiger partial charge in [0.25, 0.3) is 0 Å². The van der Waals surface area contributed by atoms with Gasteiger partial charge in [-0.2, -0.15) is 0 Å². The first-order valence-corrected chi connectivity index (χ1v) is 11.0. The summed E-state index contributed by atoms with van der Waals surface area (Å²) < 4.78 is 0. The van der Waals surface area contributed by atoms with E-state index in [1.807, 2.05) is 73.3 Å². The molecule has 0 saturated carbocycles. The van der Waals surface area contributed by atoms with Crippen molar-refractivity contribution in [1.29, 1.82) is 0 Å². The van der Waals surface area contributed by atoms with Gasteiger partial charge in [0.2, 0.25) is 5.91 Å². The van der Waals surface area contributed by atoms with Gasteiger partial charge in [-0.3, -0.25) is 9.59 Å². The van der Waals surface area contributed by atoms with Crippen LogP contribution in [0.1, 0.15) is 34.3 Å². The van der Waals surface area contributed by atoms with Crippen LogP contribution in [0.4, 0.5) is 5.82 Å². The Bertz CT molecular complexity index is 1110. The number of carbonyl (C=O) groups is 2. The Morgan fingerprint density at radius 3 is 2.31 bits per heavy atom. The van der Waals surface area contributed by atoms with Gasteiger partial charge in [0.1, 0.15) is 12.1 Å². The van der Waals surface area contributed by atoms with Gasteiger partial charge in [0.15, 0.2) is 5.78 Å². The van der Waals surface area contributed by atoms with E-state index in [0.717, 1.165) is 28.2 Å². The van der Waals surface area contributed by atoms with Crippen LogP contribution in [0.5, 0.6) is 0 Å². The van der Waals surface area contributed by atoms with E-state index < -0.39 is 0 Å². The van der Waals surface area contributed by atoms with E-state index in [2.05, 4.69) is 14.9 Å². The summed E-state index contributed by atoms with van der Waals surface area (Å²) in [4.78, 5) is 38.0. The monoisotopic (exact) mass is 428 g/mol. The van der Waals surface area contributed by atoms with Gasteiger partial charge in [-0.25, -0.2) is 9.97 Å². The number of anilines is 1. The van der Waals surface area contributed by atoms with Gasteiger partial charge in [-0.05, 0) is 31.0 Å². The highest BCUT2D eigenvalue weighted by Crippen LogP contribution is 2.21. The first-order chi connectivity index (χ1) is 15.5. The van der Waals surface area contributed by atoms with Crippen LogP contribution in [0.2, 0.25) is 0 Å². The predicted octanol–water partition coefficient (Wildman–Crippen LogP) is 4.07. The number of piperazine rings is 1. The lowest BCUT2D eigenvalue weighted by Crippen LogP contribution is -2.49. The molecule has 4 rings (SSSR count). The number of amides is 1. The molecule has 0 radical (unpaired) electrons. The summed E-state index contributed by atoms with van der Waals surface area (Å²) in [6.07, 6.45) is 2.08. The average Bonchev–Trinajstić information content (AvgIpc) is 2.84. The largest absolute Gasteiger partial charge is 0.353 e. The summed E-state index contributed by atoms with van der Waals surface area (Å²) in [5, 5.41) is 0. The molecule has 2 aromatic carbocycles. The Hall–Kier alpha value is -3.54. The molecule has 0 N–H and O–H groups in total. The molecule has 1 amide bonds. The van der Waals surface area contributed by atoms with Crippen molar-refractivity contribution in [2.75, 3.05) is 31.1 Å². The molecular weight excluding hydrogens is 400 g/mol. The molecule has 1 fully saturated rings. The topological polar surface area (TPSA) is 66.4 Å². The first-order valence-electron chi connectivity index (χ1n) is 11.0. The number of aryl methyl sites for hydroxylation is 2. The van der Waals surface area contributed by atoms with Crippen molar-refractivity contribution in [3.8, 4) is 11.3 Å². The highest BCUT2D eigenvalue weighted by atomic mass is 16.2. The number of benzene rings is 2.